The van der Waals surface area contributed by atoms with Crippen molar-refractivity contribution in [2.45, 2.75) is 6.10 Å². The number of aliphatic hydroxyl groups excluding tert-OH is 1. The number of rotatable bonds is 2. The molecule has 0 aromatic heterocycles. The van der Waals surface area contributed by atoms with E-state index in [1.807, 2.05) is 0 Å². The van der Waals surface area contributed by atoms with Gasteiger partial charge in [0.15, 0.2) is 0 Å². The van der Waals surface area contributed by atoms with Gasteiger partial charge in [0.1, 0.15) is 6.10 Å². The first kappa shape index (κ1) is 9.08. The summed E-state index contributed by atoms with van der Waals surface area (Å²) in [5.41, 5.74) is 3.31. The molecule has 0 aliphatic rings. The minimum Gasteiger partial charge on any atom is -0.384 e. The fourth-order valence-corrected chi connectivity index (χ4v) is 0.994. The summed E-state index contributed by atoms with van der Waals surface area (Å²) in [6.07, 6.45) is 0.850. The maximum Gasteiger partial charge on any atom is 0.104 e. The predicted molar refractivity (Wildman–Crippen MR) is 50.1 cm³/mol. The lowest BCUT2D eigenvalue weighted by atomic mass is 10.1. The molecule has 12 heavy (non-hydrogen) atoms. The van der Waals surface area contributed by atoms with Gasteiger partial charge >= 0.3 is 0 Å². The van der Waals surface area contributed by atoms with Crippen LogP contribution < -0.4 is 0 Å². The van der Waals surface area contributed by atoms with E-state index in [4.69, 9.17) is 11.6 Å². The van der Waals surface area contributed by atoms with Crippen molar-refractivity contribution < 1.29 is 5.11 Å². The molecule has 0 fully saturated rings. The molecule has 0 saturated heterocycles. The van der Waals surface area contributed by atoms with E-state index in [9.17, 15) is 5.11 Å². The first-order valence-electron chi connectivity index (χ1n) is 3.53. The van der Waals surface area contributed by atoms with Gasteiger partial charge in [0.25, 0.3) is 0 Å². The highest BCUT2D eigenvalue weighted by Gasteiger charge is 2.01. The highest BCUT2D eigenvalue weighted by Crippen LogP contribution is 2.16. The lowest BCUT2D eigenvalue weighted by Gasteiger charge is -2.03. The average Bonchev–Trinajstić information content (AvgIpc) is 2.06. The van der Waals surface area contributed by atoms with Gasteiger partial charge in [-0.25, -0.2) is 0 Å². The molecule has 1 atom stereocenters. The summed E-state index contributed by atoms with van der Waals surface area (Å²) in [5, 5.41) is 10.1. The van der Waals surface area contributed by atoms with E-state index in [-0.39, 0.29) is 0 Å². The molecule has 1 N–H and O–H groups in total. The second-order valence-electron chi connectivity index (χ2n) is 2.37. The Bertz CT molecular complexity index is 296. The van der Waals surface area contributed by atoms with E-state index in [2.05, 4.69) is 12.3 Å². The second kappa shape index (κ2) is 4.13. The van der Waals surface area contributed by atoms with Gasteiger partial charge < -0.3 is 5.11 Å². The van der Waals surface area contributed by atoms with E-state index in [0.717, 1.165) is 5.56 Å². The quantitative estimate of drug-likeness (QED) is 0.694. The van der Waals surface area contributed by atoms with Crippen molar-refractivity contribution in [3.8, 4) is 0 Å². The number of halogens is 1. The van der Waals surface area contributed by atoms with Gasteiger partial charge in [-0.05, 0) is 23.8 Å². The van der Waals surface area contributed by atoms with Gasteiger partial charge in [-0.1, -0.05) is 30.3 Å². The van der Waals surface area contributed by atoms with Crippen LogP contribution in [0.2, 0.25) is 5.02 Å². The minimum absolute atomic E-state index is 0.639. The van der Waals surface area contributed by atoms with Gasteiger partial charge in [-0.2, -0.15) is 0 Å². The summed E-state index contributed by atoms with van der Waals surface area (Å²) in [7, 11) is 0. The maximum atomic E-state index is 9.41. The molecule has 0 heterocycles. The van der Waals surface area contributed by atoms with E-state index >= 15 is 0 Å². The summed E-state index contributed by atoms with van der Waals surface area (Å²) in [4.78, 5) is 0. The standard InChI is InChI=1S/C10H9ClO/c1-2-3-10(12)8-4-6-9(11)7-5-8/h3-7,10,12H,1H2/t10-/m0/s1. The summed E-state index contributed by atoms with van der Waals surface area (Å²) >= 11 is 5.67. The molecule has 0 spiro atoms. The highest BCUT2D eigenvalue weighted by molar-refractivity contribution is 6.30. The van der Waals surface area contributed by atoms with Gasteiger partial charge in [-0.15, -0.1) is 5.73 Å². The third-order valence-corrected chi connectivity index (χ3v) is 1.74. The SMILES string of the molecule is C=C=C[C@H](O)c1ccc(Cl)cc1. The molecule has 0 radical (unpaired) electrons. The van der Waals surface area contributed by atoms with Crippen LogP contribution in [0.1, 0.15) is 11.7 Å². The lowest BCUT2D eigenvalue weighted by Crippen LogP contribution is -1.90. The Morgan fingerprint density at radius 3 is 2.50 bits per heavy atom. The van der Waals surface area contributed by atoms with Crippen molar-refractivity contribution in [2.75, 3.05) is 0 Å². The van der Waals surface area contributed by atoms with Crippen LogP contribution in [0.3, 0.4) is 0 Å². The third-order valence-electron chi connectivity index (χ3n) is 1.49. The molecular formula is C10H9ClO. The Morgan fingerprint density at radius 2 is 2.00 bits per heavy atom. The smallest absolute Gasteiger partial charge is 0.104 e. The highest BCUT2D eigenvalue weighted by atomic mass is 35.5. The van der Waals surface area contributed by atoms with Gasteiger partial charge in [0.05, 0.1) is 0 Å². The van der Waals surface area contributed by atoms with Crippen LogP contribution in [0, 0.1) is 0 Å². The number of benzene rings is 1. The average molecular weight is 181 g/mol. The molecular weight excluding hydrogens is 172 g/mol. The molecule has 1 aromatic rings. The summed E-state index contributed by atoms with van der Waals surface area (Å²) in [6, 6.07) is 7.00. The Morgan fingerprint density at radius 1 is 1.42 bits per heavy atom. The van der Waals surface area contributed by atoms with Crippen molar-refractivity contribution in [3.05, 3.63) is 53.2 Å². The van der Waals surface area contributed by atoms with Gasteiger partial charge in [0.2, 0.25) is 0 Å². The first-order valence-corrected chi connectivity index (χ1v) is 3.91. The zero-order valence-corrected chi connectivity index (χ0v) is 7.25. The Balaban J connectivity index is 2.89. The molecule has 0 unspecified atom stereocenters. The molecule has 0 bridgehead atoms. The molecule has 2 heteroatoms. The molecule has 1 rings (SSSR count). The monoisotopic (exact) mass is 180 g/mol. The van der Waals surface area contributed by atoms with Crippen molar-refractivity contribution in [1.82, 2.24) is 0 Å². The van der Waals surface area contributed by atoms with Crippen LogP contribution in [0.25, 0.3) is 0 Å². The summed E-state index contributed by atoms with van der Waals surface area (Å²) in [6.45, 7) is 3.38. The van der Waals surface area contributed by atoms with Gasteiger partial charge in [-0.3, -0.25) is 0 Å². The predicted octanol–water partition coefficient (Wildman–Crippen LogP) is 2.71. The molecule has 0 aliphatic heterocycles. The minimum atomic E-state index is -0.639. The normalized spacial score (nSPS) is 11.8. The number of aliphatic hydroxyl groups is 1. The van der Waals surface area contributed by atoms with Crippen molar-refractivity contribution >= 4 is 11.6 Å². The molecule has 1 aromatic carbocycles. The topological polar surface area (TPSA) is 20.2 Å². The molecule has 0 saturated carbocycles. The maximum absolute atomic E-state index is 9.41. The van der Waals surface area contributed by atoms with E-state index in [0.29, 0.717) is 5.02 Å². The van der Waals surface area contributed by atoms with Crippen LogP contribution in [-0.2, 0) is 0 Å². The molecule has 0 amide bonds. The molecule has 0 aliphatic carbocycles. The van der Waals surface area contributed by atoms with Crippen LogP contribution >= 0.6 is 11.6 Å². The van der Waals surface area contributed by atoms with Crippen LogP contribution in [-0.4, -0.2) is 5.11 Å². The van der Waals surface area contributed by atoms with Crippen molar-refractivity contribution in [1.29, 1.82) is 0 Å². The van der Waals surface area contributed by atoms with Crippen LogP contribution in [0.5, 0.6) is 0 Å². The Kier molecular flexibility index (Phi) is 3.12. The van der Waals surface area contributed by atoms with Crippen LogP contribution in [0.4, 0.5) is 0 Å². The third kappa shape index (κ3) is 2.24. The lowest BCUT2D eigenvalue weighted by molar-refractivity contribution is 0.229. The van der Waals surface area contributed by atoms with E-state index in [1.165, 1.54) is 6.08 Å². The Hall–Kier alpha value is -1.01. The van der Waals surface area contributed by atoms with Crippen LogP contribution in [0.15, 0.2) is 42.7 Å². The van der Waals surface area contributed by atoms with E-state index in [1.54, 1.807) is 24.3 Å². The second-order valence-corrected chi connectivity index (χ2v) is 2.80. The summed E-state index contributed by atoms with van der Waals surface area (Å²) in [5.74, 6) is 0. The zero-order chi connectivity index (χ0) is 8.97. The fraction of sp³-hybridized carbons (Fsp3) is 0.100. The largest absolute Gasteiger partial charge is 0.384 e. The zero-order valence-electron chi connectivity index (χ0n) is 6.50. The van der Waals surface area contributed by atoms with Crippen molar-refractivity contribution in [2.24, 2.45) is 0 Å². The fourth-order valence-electron chi connectivity index (χ4n) is 0.868. The Labute approximate surface area is 76.6 Å². The number of hydrogen-bond donors (Lipinski definition) is 1. The van der Waals surface area contributed by atoms with Gasteiger partial charge in [0, 0.05) is 5.02 Å². The van der Waals surface area contributed by atoms with Crippen molar-refractivity contribution in [3.63, 3.8) is 0 Å². The molecule has 1 nitrogen and oxygen atoms in total. The molecule has 62 valence electrons. The summed E-state index contributed by atoms with van der Waals surface area (Å²) < 4.78 is 0. The number of hydrogen-bond acceptors (Lipinski definition) is 1. The first-order chi connectivity index (χ1) is 5.74. The van der Waals surface area contributed by atoms with E-state index < -0.39 is 6.10 Å².